The Hall–Kier alpha value is -2.72. The summed E-state index contributed by atoms with van der Waals surface area (Å²) in [5, 5.41) is 12.0. The molecule has 0 saturated heterocycles. The summed E-state index contributed by atoms with van der Waals surface area (Å²) in [5.41, 5.74) is 5.09. The Morgan fingerprint density at radius 3 is 2.50 bits per heavy atom. The van der Waals surface area contributed by atoms with E-state index in [1.54, 1.807) is 0 Å². The number of anilines is 2. The zero-order valence-corrected chi connectivity index (χ0v) is 12.5. The molecule has 0 amide bonds. The third kappa shape index (κ3) is 2.56. The van der Waals surface area contributed by atoms with Crippen molar-refractivity contribution in [2.45, 2.75) is 0 Å². The van der Waals surface area contributed by atoms with Crippen LogP contribution in [0.5, 0.6) is 0 Å². The van der Waals surface area contributed by atoms with Gasteiger partial charge in [-0.15, -0.1) is 12.4 Å². The van der Waals surface area contributed by atoms with Crippen molar-refractivity contribution >= 4 is 34.7 Å². The summed E-state index contributed by atoms with van der Waals surface area (Å²) in [7, 11) is 0. The van der Waals surface area contributed by atoms with Crippen LogP contribution in [0, 0.1) is 0 Å². The minimum atomic E-state index is 0. The fourth-order valence-electron chi connectivity index (χ4n) is 2.47. The minimum Gasteiger partial charge on any atom is -0.360 e. The first kappa shape index (κ1) is 14.2. The second kappa shape index (κ2) is 5.95. The van der Waals surface area contributed by atoms with Gasteiger partial charge in [0.25, 0.3) is 0 Å². The molecule has 0 bridgehead atoms. The van der Waals surface area contributed by atoms with E-state index >= 15 is 0 Å². The summed E-state index contributed by atoms with van der Waals surface area (Å²) in [5.74, 6) is 0. The molecule has 22 heavy (non-hydrogen) atoms. The van der Waals surface area contributed by atoms with Gasteiger partial charge in [0.1, 0.15) is 5.69 Å². The lowest BCUT2D eigenvalue weighted by Gasteiger charge is -2.06. The number of benzene rings is 2. The van der Waals surface area contributed by atoms with Gasteiger partial charge in [-0.3, -0.25) is 5.10 Å². The summed E-state index contributed by atoms with van der Waals surface area (Å²) in [4.78, 5) is 3.19. The SMILES string of the molecule is Cl.c1ccc(Nc2ccc3c(-c4ccc[nH]4)n[nH]c3c2)cc1. The van der Waals surface area contributed by atoms with Crippen molar-refractivity contribution in [2.75, 3.05) is 5.32 Å². The van der Waals surface area contributed by atoms with Gasteiger partial charge in [0.05, 0.1) is 11.2 Å². The van der Waals surface area contributed by atoms with Gasteiger partial charge in [-0.05, 0) is 42.5 Å². The van der Waals surface area contributed by atoms with E-state index in [9.17, 15) is 0 Å². The van der Waals surface area contributed by atoms with Gasteiger partial charge in [-0.1, -0.05) is 18.2 Å². The highest BCUT2D eigenvalue weighted by Gasteiger charge is 2.09. The molecule has 0 spiro atoms. The largest absolute Gasteiger partial charge is 0.360 e. The monoisotopic (exact) mass is 310 g/mol. The Balaban J connectivity index is 0.00000144. The van der Waals surface area contributed by atoms with Crippen molar-refractivity contribution < 1.29 is 0 Å². The first-order valence-corrected chi connectivity index (χ1v) is 6.84. The Labute approximate surface area is 134 Å². The van der Waals surface area contributed by atoms with Gasteiger partial charge < -0.3 is 10.3 Å². The molecule has 3 N–H and O–H groups in total. The molecule has 0 atom stereocenters. The Morgan fingerprint density at radius 1 is 0.864 bits per heavy atom. The smallest absolute Gasteiger partial charge is 0.116 e. The Morgan fingerprint density at radius 2 is 1.73 bits per heavy atom. The molecule has 2 aromatic carbocycles. The van der Waals surface area contributed by atoms with Gasteiger partial charge in [0.2, 0.25) is 0 Å². The molecule has 0 unspecified atom stereocenters. The van der Waals surface area contributed by atoms with Crippen molar-refractivity contribution in [1.29, 1.82) is 0 Å². The normalized spacial score (nSPS) is 10.4. The molecule has 0 aliphatic carbocycles. The molecule has 5 heteroatoms. The van der Waals surface area contributed by atoms with Crippen molar-refractivity contribution in [3.63, 3.8) is 0 Å². The van der Waals surface area contributed by atoms with Crippen molar-refractivity contribution in [2.24, 2.45) is 0 Å². The Bertz CT molecular complexity index is 866. The number of nitrogens with one attached hydrogen (secondary N) is 3. The molecule has 2 aromatic heterocycles. The molecule has 0 radical (unpaired) electrons. The van der Waals surface area contributed by atoms with E-state index in [0.717, 1.165) is 33.7 Å². The van der Waals surface area contributed by atoms with Crippen molar-refractivity contribution in [3.05, 3.63) is 66.9 Å². The van der Waals surface area contributed by atoms with Crippen LogP contribution in [0.15, 0.2) is 66.9 Å². The minimum absolute atomic E-state index is 0. The second-order valence-electron chi connectivity index (χ2n) is 4.91. The van der Waals surface area contributed by atoms with Gasteiger partial charge in [-0.2, -0.15) is 5.10 Å². The van der Waals surface area contributed by atoms with Crippen LogP contribution in [0.25, 0.3) is 22.3 Å². The van der Waals surface area contributed by atoms with E-state index in [0.29, 0.717) is 0 Å². The topological polar surface area (TPSA) is 56.5 Å². The lowest BCUT2D eigenvalue weighted by Crippen LogP contribution is -1.89. The summed E-state index contributed by atoms with van der Waals surface area (Å²) < 4.78 is 0. The highest BCUT2D eigenvalue weighted by Crippen LogP contribution is 2.28. The first-order chi connectivity index (χ1) is 10.4. The number of aromatic nitrogens is 3. The van der Waals surface area contributed by atoms with E-state index < -0.39 is 0 Å². The second-order valence-corrected chi connectivity index (χ2v) is 4.91. The van der Waals surface area contributed by atoms with Crippen LogP contribution in [0.3, 0.4) is 0 Å². The lowest BCUT2D eigenvalue weighted by atomic mass is 10.1. The molecule has 0 saturated carbocycles. The van der Waals surface area contributed by atoms with Crippen LogP contribution in [-0.4, -0.2) is 15.2 Å². The van der Waals surface area contributed by atoms with E-state index in [2.05, 4.69) is 38.7 Å². The molecule has 110 valence electrons. The maximum absolute atomic E-state index is 4.40. The Kier molecular flexibility index (Phi) is 3.85. The standard InChI is InChI=1S/C17H14N4.ClH/c1-2-5-12(6-3-1)19-13-8-9-14-16(11-13)20-21-17(14)15-7-4-10-18-15;/h1-11,18-19H,(H,20,21);1H. The molecule has 4 rings (SSSR count). The highest BCUT2D eigenvalue weighted by molar-refractivity contribution is 5.94. The van der Waals surface area contributed by atoms with Crippen LogP contribution in [0.4, 0.5) is 11.4 Å². The van der Waals surface area contributed by atoms with E-state index in [4.69, 9.17) is 0 Å². The molecule has 2 heterocycles. The number of nitrogens with zero attached hydrogens (tertiary/aromatic N) is 1. The average molecular weight is 311 g/mol. The molecule has 0 aliphatic rings. The fraction of sp³-hybridized carbons (Fsp3) is 0. The molecule has 0 aliphatic heterocycles. The predicted molar refractivity (Wildman–Crippen MR) is 92.9 cm³/mol. The van der Waals surface area contributed by atoms with E-state index in [1.165, 1.54) is 0 Å². The van der Waals surface area contributed by atoms with Crippen LogP contribution in [0.1, 0.15) is 0 Å². The van der Waals surface area contributed by atoms with E-state index in [-0.39, 0.29) is 12.4 Å². The molecule has 4 aromatic rings. The fourth-order valence-corrected chi connectivity index (χ4v) is 2.47. The van der Waals surface area contributed by atoms with Gasteiger partial charge in [0, 0.05) is 23.0 Å². The molecule has 4 nitrogen and oxygen atoms in total. The van der Waals surface area contributed by atoms with Gasteiger partial charge in [-0.25, -0.2) is 0 Å². The summed E-state index contributed by atoms with van der Waals surface area (Å²) in [6.45, 7) is 0. The number of rotatable bonds is 3. The van der Waals surface area contributed by atoms with Crippen LogP contribution >= 0.6 is 12.4 Å². The first-order valence-electron chi connectivity index (χ1n) is 6.84. The maximum atomic E-state index is 4.40. The quantitative estimate of drug-likeness (QED) is 0.512. The van der Waals surface area contributed by atoms with Crippen LogP contribution in [-0.2, 0) is 0 Å². The average Bonchev–Trinajstić information content (AvgIpc) is 3.16. The number of halogens is 1. The van der Waals surface area contributed by atoms with Gasteiger partial charge in [0.15, 0.2) is 0 Å². The summed E-state index contributed by atoms with van der Waals surface area (Å²) >= 11 is 0. The summed E-state index contributed by atoms with van der Waals surface area (Å²) in [6, 6.07) is 20.3. The highest BCUT2D eigenvalue weighted by atomic mass is 35.5. The lowest BCUT2D eigenvalue weighted by molar-refractivity contribution is 1.12. The number of para-hydroxylation sites is 1. The molecule has 0 fully saturated rings. The molecular formula is C17H15ClN4. The summed E-state index contributed by atoms with van der Waals surface area (Å²) in [6.07, 6.45) is 1.90. The molecular weight excluding hydrogens is 296 g/mol. The van der Waals surface area contributed by atoms with Gasteiger partial charge >= 0.3 is 0 Å². The third-order valence-electron chi connectivity index (χ3n) is 3.48. The number of aromatic amines is 2. The zero-order valence-electron chi connectivity index (χ0n) is 11.7. The zero-order chi connectivity index (χ0) is 14.1. The van der Waals surface area contributed by atoms with Crippen LogP contribution in [0.2, 0.25) is 0 Å². The number of fused-ring (bicyclic) bond motifs is 1. The van der Waals surface area contributed by atoms with Crippen molar-refractivity contribution in [1.82, 2.24) is 15.2 Å². The van der Waals surface area contributed by atoms with Crippen LogP contribution < -0.4 is 5.32 Å². The number of hydrogen-bond donors (Lipinski definition) is 3. The number of hydrogen-bond acceptors (Lipinski definition) is 2. The maximum Gasteiger partial charge on any atom is 0.116 e. The van der Waals surface area contributed by atoms with E-state index in [1.807, 2.05) is 48.7 Å². The number of H-pyrrole nitrogens is 2. The van der Waals surface area contributed by atoms with Crippen molar-refractivity contribution in [3.8, 4) is 11.4 Å². The predicted octanol–water partition coefficient (Wildman–Crippen LogP) is 4.72. The third-order valence-corrected chi connectivity index (χ3v) is 3.48.